The Balaban J connectivity index is 1.53. The van der Waals surface area contributed by atoms with Gasteiger partial charge in [-0.3, -0.25) is 4.79 Å². The maximum atomic E-state index is 13.8. The zero-order valence-corrected chi connectivity index (χ0v) is 12.8. The number of hydrogen-bond acceptors (Lipinski definition) is 3. The number of rotatable bonds is 2. The lowest BCUT2D eigenvalue weighted by molar-refractivity contribution is 0.0781. The summed E-state index contributed by atoms with van der Waals surface area (Å²) in [7, 11) is 0. The molecule has 0 spiro atoms. The van der Waals surface area contributed by atoms with Crippen LogP contribution in [0.1, 0.15) is 28.3 Å². The fourth-order valence-electron chi connectivity index (χ4n) is 3.24. The zero-order chi connectivity index (χ0) is 16.7. The normalized spacial score (nSPS) is 18.9. The van der Waals surface area contributed by atoms with E-state index in [-0.39, 0.29) is 12.7 Å². The number of hydrogen-bond donors (Lipinski definition) is 0. The van der Waals surface area contributed by atoms with Gasteiger partial charge in [-0.2, -0.15) is 0 Å². The molecular weight excluding hydrogens is 316 g/mol. The summed E-state index contributed by atoms with van der Waals surface area (Å²) < 4.78 is 38.3. The van der Waals surface area contributed by atoms with Crippen molar-refractivity contribution >= 4 is 5.91 Å². The predicted octanol–water partition coefficient (Wildman–Crippen LogP) is 3.32. The minimum atomic E-state index is -0.827. The van der Waals surface area contributed by atoms with Gasteiger partial charge >= 0.3 is 0 Å². The van der Waals surface area contributed by atoms with E-state index >= 15 is 0 Å². The number of amides is 1. The Hall–Kier alpha value is -2.63. The van der Waals surface area contributed by atoms with Crippen LogP contribution < -0.4 is 9.47 Å². The molecule has 0 N–H and O–H groups in total. The number of likely N-dealkylation sites (tertiary alicyclic amines) is 1. The summed E-state index contributed by atoms with van der Waals surface area (Å²) in [6, 6.07) is 9.14. The molecule has 0 bridgehead atoms. The van der Waals surface area contributed by atoms with Crippen molar-refractivity contribution in [2.75, 3.05) is 19.9 Å². The zero-order valence-electron chi connectivity index (χ0n) is 12.8. The second-order valence-electron chi connectivity index (χ2n) is 5.95. The van der Waals surface area contributed by atoms with E-state index in [1.165, 1.54) is 11.0 Å². The Morgan fingerprint density at radius 2 is 1.83 bits per heavy atom. The van der Waals surface area contributed by atoms with Crippen molar-refractivity contribution in [2.24, 2.45) is 0 Å². The predicted molar refractivity (Wildman–Crippen MR) is 82.2 cm³/mol. The molecule has 1 atom stereocenters. The first kappa shape index (κ1) is 14.9. The lowest BCUT2D eigenvalue weighted by Crippen LogP contribution is -2.30. The summed E-state index contributed by atoms with van der Waals surface area (Å²) in [4.78, 5) is 14.0. The first-order valence-electron chi connectivity index (χ1n) is 7.76. The van der Waals surface area contributed by atoms with Crippen molar-refractivity contribution in [2.45, 2.75) is 12.3 Å². The van der Waals surface area contributed by atoms with E-state index in [1.54, 1.807) is 0 Å². The highest BCUT2D eigenvalue weighted by molar-refractivity contribution is 5.95. The average molecular weight is 331 g/mol. The highest BCUT2D eigenvalue weighted by Crippen LogP contribution is 2.37. The molecule has 1 saturated heterocycles. The molecule has 2 heterocycles. The van der Waals surface area contributed by atoms with Gasteiger partial charge in [-0.25, -0.2) is 8.78 Å². The van der Waals surface area contributed by atoms with Crippen molar-refractivity contribution in [1.29, 1.82) is 0 Å². The summed E-state index contributed by atoms with van der Waals surface area (Å²) in [5.74, 6) is -0.749. The Labute approximate surface area is 137 Å². The highest BCUT2D eigenvalue weighted by Gasteiger charge is 2.31. The van der Waals surface area contributed by atoms with Gasteiger partial charge in [-0.15, -0.1) is 0 Å². The average Bonchev–Trinajstić information content (AvgIpc) is 3.23. The topological polar surface area (TPSA) is 38.8 Å². The first-order valence-corrected chi connectivity index (χ1v) is 7.76. The second-order valence-corrected chi connectivity index (χ2v) is 5.95. The fraction of sp³-hybridized carbons (Fsp3) is 0.278. The number of halogens is 2. The highest BCUT2D eigenvalue weighted by atomic mass is 19.1. The number of ether oxygens (including phenoxy) is 2. The molecule has 0 aliphatic carbocycles. The molecule has 2 aliphatic heterocycles. The van der Waals surface area contributed by atoms with E-state index in [0.717, 1.165) is 24.1 Å². The molecular formula is C18H15F2NO3. The standard InChI is InChI=1S/C18H15F2NO3/c19-13-2-1-3-14(20)17(13)18(22)21-7-6-12(9-21)11-4-5-15-16(8-11)24-10-23-15/h1-5,8,12H,6-7,9-10H2. The van der Waals surface area contributed by atoms with E-state index < -0.39 is 23.1 Å². The van der Waals surface area contributed by atoms with Gasteiger partial charge in [0.2, 0.25) is 6.79 Å². The summed E-state index contributed by atoms with van der Waals surface area (Å²) in [5, 5.41) is 0. The van der Waals surface area contributed by atoms with Crippen molar-refractivity contribution in [1.82, 2.24) is 4.90 Å². The van der Waals surface area contributed by atoms with Crippen LogP contribution in [-0.2, 0) is 0 Å². The summed E-state index contributed by atoms with van der Waals surface area (Å²) in [6.45, 7) is 1.10. The van der Waals surface area contributed by atoms with Crippen molar-refractivity contribution in [3.63, 3.8) is 0 Å². The number of nitrogens with zero attached hydrogens (tertiary/aromatic N) is 1. The van der Waals surface area contributed by atoms with Crippen molar-refractivity contribution < 1.29 is 23.0 Å². The minimum absolute atomic E-state index is 0.110. The van der Waals surface area contributed by atoms with Crippen LogP contribution in [0.3, 0.4) is 0 Å². The molecule has 1 amide bonds. The van der Waals surface area contributed by atoms with Gasteiger partial charge in [0, 0.05) is 19.0 Å². The molecule has 4 rings (SSSR count). The van der Waals surface area contributed by atoms with Gasteiger partial charge in [-0.05, 0) is 36.2 Å². The van der Waals surface area contributed by atoms with Crippen LogP contribution in [0.25, 0.3) is 0 Å². The Morgan fingerprint density at radius 3 is 2.62 bits per heavy atom. The first-order chi connectivity index (χ1) is 11.6. The van der Waals surface area contributed by atoms with Gasteiger partial charge in [0.05, 0.1) is 0 Å². The third kappa shape index (κ3) is 2.48. The third-order valence-electron chi connectivity index (χ3n) is 4.52. The van der Waals surface area contributed by atoms with Crippen LogP contribution in [0, 0.1) is 11.6 Å². The molecule has 6 heteroatoms. The molecule has 2 aromatic carbocycles. The summed E-state index contributed by atoms with van der Waals surface area (Å²) >= 11 is 0. The maximum absolute atomic E-state index is 13.8. The smallest absolute Gasteiger partial charge is 0.259 e. The number of fused-ring (bicyclic) bond motifs is 1. The molecule has 124 valence electrons. The summed E-state index contributed by atoms with van der Waals surface area (Å²) in [6.07, 6.45) is 0.738. The maximum Gasteiger partial charge on any atom is 0.259 e. The number of carbonyl (C=O) groups excluding carboxylic acids is 1. The van der Waals surface area contributed by atoms with Crippen LogP contribution in [-0.4, -0.2) is 30.7 Å². The molecule has 24 heavy (non-hydrogen) atoms. The van der Waals surface area contributed by atoms with E-state index in [0.29, 0.717) is 24.6 Å². The Kier molecular flexibility index (Phi) is 3.59. The third-order valence-corrected chi connectivity index (χ3v) is 4.52. The Morgan fingerprint density at radius 1 is 1.08 bits per heavy atom. The molecule has 0 aromatic heterocycles. The molecule has 2 aliphatic rings. The fourth-order valence-corrected chi connectivity index (χ4v) is 3.24. The van der Waals surface area contributed by atoms with Gasteiger partial charge < -0.3 is 14.4 Å². The van der Waals surface area contributed by atoms with Crippen molar-refractivity contribution in [3.8, 4) is 11.5 Å². The van der Waals surface area contributed by atoms with Crippen LogP contribution in [0.4, 0.5) is 8.78 Å². The van der Waals surface area contributed by atoms with E-state index in [4.69, 9.17) is 9.47 Å². The second kappa shape index (κ2) is 5.78. The van der Waals surface area contributed by atoms with Crippen LogP contribution in [0.5, 0.6) is 11.5 Å². The molecule has 2 aromatic rings. The molecule has 0 saturated carbocycles. The lowest BCUT2D eigenvalue weighted by Gasteiger charge is -2.17. The SMILES string of the molecule is O=C(c1c(F)cccc1F)N1CCC(c2ccc3c(c2)OCO3)C1. The number of carbonyl (C=O) groups is 1. The van der Waals surface area contributed by atoms with E-state index in [9.17, 15) is 13.6 Å². The number of benzene rings is 2. The molecule has 4 nitrogen and oxygen atoms in total. The van der Waals surface area contributed by atoms with E-state index in [1.807, 2.05) is 18.2 Å². The molecule has 1 unspecified atom stereocenters. The van der Waals surface area contributed by atoms with Gasteiger partial charge in [-0.1, -0.05) is 12.1 Å². The monoisotopic (exact) mass is 331 g/mol. The lowest BCUT2D eigenvalue weighted by atomic mass is 9.98. The van der Waals surface area contributed by atoms with Crippen LogP contribution in [0.15, 0.2) is 36.4 Å². The van der Waals surface area contributed by atoms with Crippen molar-refractivity contribution in [3.05, 3.63) is 59.2 Å². The van der Waals surface area contributed by atoms with Gasteiger partial charge in [0.1, 0.15) is 17.2 Å². The van der Waals surface area contributed by atoms with Gasteiger partial charge in [0.15, 0.2) is 11.5 Å². The molecule has 1 fully saturated rings. The van der Waals surface area contributed by atoms with Gasteiger partial charge in [0.25, 0.3) is 5.91 Å². The summed E-state index contributed by atoms with van der Waals surface area (Å²) in [5.41, 5.74) is 0.549. The van der Waals surface area contributed by atoms with Crippen LogP contribution >= 0.6 is 0 Å². The largest absolute Gasteiger partial charge is 0.454 e. The minimum Gasteiger partial charge on any atom is -0.454 e. The van der Waals surface area contributed by atoms with Crippen LogP contribution in [0.2, 0.25) is 0 Å². The Bertz CT molecular complexity index is 789. The molecule has 0 radical (unpaired) electrons. The quantitative estimate of drug-likeness (QED) is 0.847. The van der Waals surface area contributed by atoms with E-state index in [2.05, 4.69) is 0 Å².